The molecule has 1 aliphatic rings. The molecule has 1 saturated carbocycles. The first-order valence-electron chi connectivity index (χ1n) is 10.2. The fourth-order valence-corrected chi connectivity index (χ4v) is 4.39. The van der Waals surface area contributed by atoms with Crippen LogP contribution in [0.15, 0.2) is 53.3 Å². The van der Waals surface area contributed by atoms with Crippen molar-refractivity contribution in [1.82, 2.24) is 19.5 Å². The number of hydrogen-bond acceptors (Lipinski definition) is 5. The van der Waals surface area contributed by atoms with Crippen LogP contribution in [-0.2, 0) is 4.79 Å². The standard InChI is InChI=1S/C23H20N5O3/c29-13-24-21-19-22(27-20(26-21)15-8-5-9-16(30)12-15)28(23(31)25-19)18-11-4-3-10-17(18)14-6-1-2-7-14/h3-5,8-12,14,30H,1-2,6-7H2,(H,25,31)(H,24,26,27,29). The number of aromatic hydroxyl groups is 1. The molecule has 0 atom stereocenters. The Labute approximate surface area is 177 Å². The number of nitrogens with zero attached hydrogens (tertiary/aromatic N) is 3. The molecule has 5 rings (SSSR count). The highest BCUT2D eigenvalue weighted by atomic mass is 16.3. The largest absolute Gasteiger partial charge is 0.508 e. The third kappa shape index (κ3) is 3.35. The quantitative estimate of drug-likeness (QED) is 0.432. The summed E-state index contributed by atoms with van der Waals surface area (Å²) < 4.78 is 1.53. The number of para-hydroxylation sites is 1. The molecule has 1 radical (unpaired) electrons. The van der Waals surface area contributed by atoms with Crippen molar-refractivity contribution in [3.63, 3.8) is 0 Å². The Hall–Kier alpha value is -3.94. The number of H-pyrrole nitrogens is 1. The highest BCUT2D eigenvalue weighted by molar-refractivity contribution is 5.91. The van der Waals surface area contributed by atoms with Crippen LogP contribution in [0.1, 0.15) is 37.2 Å². The summed E-state index contributed by atoms with van der Waals surface area (Å²) in [5.41, 5.74) is 2.74. The zero-order valence-electron chi connectivity index (χ0n) is 16.6. The van der Waals surface area contributed by atoms with Gasteiger partial charge < -0.3 is 15.4 Å². The lowest BCUT2D eigenvalue weighted by Gasteiger charge is -2.16. The number of phenols is 1. The minimum atomic E-state index is -0.364. The minimum Gasteiger partial charge on any atom is -0.508 e. The van der Waals surface area contributed by atoms with Crippen LogP contribution in [0, 0.1) is 0 Å². The van der Waals surface area contributed by atoms with E-state index in [2.05, 4.69) is 26.3 Å². The second-order valence-electron chi connectivity index (χ2n) is 7.68. The van der Waals surface area contributed by atoms with Gasteiger partial charge in [-0.05, 0) is 42.5 Å². The molecule has 1 aliphatic carbocycles. The van der Waals surface area contributed by atoms with Crippen molar-refractivity contribution in [2.75, 3.05) is 5.32 Å². The number of imidazole rings is 1. The third-order valence-electron chi connectivity index (χ3n) is 5.78. The van der Waals surface area contributed by atoms with Gasteiger partial charge in [0.05, 0.1) is 5.69 Å². The van der Waals surface area contributed by atoms with E-state index in [1.165, 1.54) is 23.5 Å². The molecule has 4 aromatic rings. The Morgan fingerprint density at radius 3 is 2.68 bits per heavy atom. The van der Waals surface area contributed by atoms with Gasteiger partial charge in [-0.25, -0.2) is 19.3 Å². The van der Waals surface area contributed by atoms with Crippen LogP contribution >= 0.6 is 0 Å². The molecular weight excluding hydrogens is 394 g/mol. The van der Waals surface area contributed by atoms with Crippen molar-refractivity contribution >= 4 is 23.4 Å². The van der Waals surface area contributed by atoms with Gasteiger partial charge in [-0.1, -0.05) is 43.2 Å². The second-order valence-corrected chi connectivity index (χ2v) is 7.68. The number of carbonyl (C=O) groups excluding carboxylic acids is 1. The van der Waals surface area contributed by atoms with Gasteiger partial charge >= 0.3 is 12.1 Å². The van der Waals surface area contributed by atoms with Gasteiger partial charge in [0.25, 0.3) is 0 Å². The fourth-order valence-electron chi connectivity index (χ4n) is 4.39. The van der Waals surface area contributed by atoms with Gasteiger partial charge in [0.1, 0.15) is 11.3 Å². The van der Waals surface area contributed by atoms with Crippen molar-refractivity contribution in [2.45, 2.75) is 31.6 Å². The SMILES string of the molecule is O=[C]Nc1nc(-c2cccc(O)c2)nc2c1[nH]c(=O)n2-c1ccccc1C1CCCC1. The molecule has 1 fully saturated rings. The summed E-state index contributed by atoms with van der Waals surface area (Å²) in [7, 11) is 0. The van der Waals surface area contributed by atoms with E-state index >= 15 is 0 Å². The number of fused-ring (bicyclic) bond motifs is 1. The number of hydrogen-bond donors (Lipinski definition) is 3. The lowest BCUT2D eigenvalue weighted by molar-refractivity contribution is 0.475. The summed E-state index contributed by atoms with van der Waals surface area (Å²) in [6.45, 7) is 0. The topological polar surface area (TPSA) is 113 Å². The van der Waals surface area contributed by atoms with Gasteiger partial charge in [-0.2, -0.15) is 0 Å². The molecule has 1 amide bonds. The Kier molecular flexibility index (Phi) is 4.74. The number of benzene rings is 2. The maximum Gasteiger partial charge on any atom is 0.332 e. The maximum atomic E-state index is 13.0. The van der Waals surface area contributed by atoms with E-state index < -0.39 is 0 Å². The summed E-state index contributed by atoms with van der Waals surface area (Å²) in [5, 5.41) is 12.3. The highest BCUT2D eigenvalue weighted by Gasteiger charge is 2.24. The van der Waals surface area contributed by atoms with Gasteiger partial charge in [-0.15, -0.1) is 0 Å². The zero-order valence-corrected chi connectivity index (χ0v) is 16.6. The minimum absolute atomic E-state index is 0.0655. The summed E-state index contributed by atoms with van der Waals surface area (Å²) in [5.74, 6) is 0.872. The average Bonchev–Trinajstić information content (AvgIpc) is 3.41. The molecule has 2 heterocycles. The van der Waals surface area contributed by atoms with Crippen molar-refractivity contribution in [2.24, 2.45) is 0 Å². The molecule has 8 nitrogen and oxygen atoms in total. The van der Waals surface area contributed by atoms with Crippen LogP contribution in [0.5, 0.6) is 5.75 Å². The number of aromatic amines is 1. The van der Waals surface area contributed by atoms with Crippen LogP contribution in [-0.4, -0.2) is 31.0 Å². The van der Waals surface area contributed by atoms with Crippen molar-refractivity contribution < 1.29 is 9.90 Å². The van der Waals surface area contributed by atoms with E-state index in [-0.39, 0.29) is 23.1 Å². The third-order valence-corrected chi connectivity index (χ3v) is 5.78. The molecule has 8 heteroatoms. The normalized spacial score (nSPS) is 14.2. The predicted molar refractivity (Wildman–Crippen MR) is 117 cm³/mol. The zero-order chi connectivity index (χ0) is 21.4. The van der Waals surface area contributed by atoms with E-state index in [1.807, 2.05) is 18.2 Å². The molecule has 155 valence electrons. The van der Waals surface area contributed by atoms with Crippen LogP contribution < -0.4 is 11.0 Å². The first-order chi connectivity index (χ1) is 15.2. The number of anilines is 1. The number of nitrogens with one attached hydrogen (secondary N) is 2. The first kappa shape index (κ1) is 19.0. The summed E-state index contributed by atoms with van der Waals surface area (Å²) in [6, 6.07) is 14.4. The van der Waals surface area contributed by atoms with Crippen LogP contribution in [0.3, 0.4) is 0 Å². The molecule has 2 aromatic carbocycles. The van der Waals surface area contributed by atoms with E-state index in [9.17, 15) is 14.7 Å². The smallest absolute Gasteiger partial charge is 0.332 e. The summed E-state index contributed by atoms with van der Waals surface area (Å²) in [4.78, 5) is 35.9. The van der Waals surface area contributed by atoms with Gasteiger partial charge in [-0.3, -0.25) is 4.79 Å². The lowest BCUT2D eigenvalue weighted by Crippen LogP contribution is -2.17. The van der Waals surface area contributed by atoms with Crippen LogP contribution in [0.2, 0.25) is 0 Å². The number of aromatic nitrogens is 4. The summed E-state index contributed by atoms with van der Waals surface area (Å²) >= 11 is 0. The van der Waals surface area contributed by atoms with E-state index in [0.29, 0.717) is 22.6 Å². The number of rotatable bonds is 5. The van der Waals surface area contributed by atoms with Gasteiger partial charge in [0.15, 0.2) is 17.3 Å². The van der Waals surface area contributed by atoms with E-state index in [0.717, 1.165) is 24.1 Å². The molecular formula is C23H20N5O3. The first-order valence-corrected chi connectivity index (χ1v) is 10.2. The Bertz CT molecular complexity index is 1330. The van der Waals surface area contributed by atoms with E-state index in [1.54, 1.807) is 24.6 Å². The van der Waals surface area contributed by atoms with Crippen LogP contribution in [0.25, 0.3) is 28.2 Å². The van der Waals surface area contributed by atoms with Crippen LogP contribution in [0.4, 0.5) is 5.82 Å². The molecule has 0 spiro atoms. The number of phenolic OH excluding ortho intramolecular Hbond substituents is 1. The fraction of sp³-hybridized carbons (Fsp3) is 0.217. The Balaban J connectivity index is 1.78. The maximum absolute atomic E-state index is 13.0. The second kappa shape index (κ2) is 7.71. The molecule has 0 aliphatic heterocycles. The summed E-state index contributed by atoms with van der Waals surface area (Å²) in [6.07, 6.45) is 6.15. The molecule has 0 unspecified atom stereocenters. The monoisotopic (exact) mass is 414 g/mol. The average molecular weight is 414 g/mol. The van der Waals surface area contributed by atoms with Crippen molar-refractivity contribution in [3.05, 3.63) is 64.6 Å². The van der Waals surface area contributed by atoms with Crippen molar-refractivity contribution in [3.8, 4) is 22.8 Å². The Morgan fingerprint density at radius 2 is 1.90 bits per heavy atom. The van der Waals surface area contributed by atoms with Crippen molar-refractivity contribution in [1.29, 1.82) is 0 Å². The molecule has 31 heavy (non-hydrogen) atoms. The lowest BCUT2D eigenvalue weighted by atomic mass is 9.96. The molecule has 0 saturated heterocycles. The Morgan fingerprint density at radius 1 is 1.10 bits per heavy atom. The molecule has 3 N–H and O–H groups in total. The van der Waals surface area contributed by atoms with Gasteiger partial charge in [0, 0.05) is 5.56 Å². The van der Waals surface area contributed by atoms with Gasteiger partial charge in [0.2, 0.25) is 0 Å². The highest BCUT2D eigenvalue weighted by Crippen LogP contribution is 2.37. The number of amides is 1. The predicted octanol–water partition coefficient (Wildman–Crippen LogP) is 3.62. The molecule has 2 aromatic heterocycles. The molecule has 0 bridgehead atoms. The van der Waals surface area contributed by atoms with E-state index in [4.69, 9.17) is 0 Å².